The molecule has 0 amide bonds. The van der Waals surface area contributed by atoms with Gasteiger partial charge in [-0.15, -0.1) is 0 Å². The highest BCUT2D eigenvalue weighted by molar-refractivity contribution is 9.11. The van der Waals surface area contributed by atoms with Crippen molar-refractivity contribution in [1.82, 2.24) is 0 Å². The molecule has 4 N–H and O–H groups in total. The molecule has 2 nitrogen and oxygen atoms in total. The van der Waals surface area contributed by atoms with Crippen LogP contribution in [-0.2, 0) is 0 Å². The SMILES string of the molecule is NC1(N)C=CC(c2ccccc2Br)C(Br)=C1. The van der Waals surface area contributed by atoms with E-state index in [0.717, 1.165) is 8.96 Å². The molecule has 0 saturated carbocycles. The van der Waals surface area contributed by atoms with Gasteiger partial charge >= 0.3 is 0 Å². The highest BCUT2D eigenvalue weighted by atomic mass is 79.9. The van der Waals surface area contributed by atoms with Gasteiger partial charge in [0.15, 0.2) is 0 Å². The number of halogens is 2. The van der Waals surface area contributed by atoms with Crippen molar-refractivity contribution < 1.29 is 0 Å². The van der Waals surface area contributed by atoms with Gasteiger partial charge in [0.2, 0.25) is 0 Å². The Bertz CT molecular complexity index is 464. The lowest BCUT2D eigenvalue weighted by molar-refractivity contribution is 0.672. The Morgan fingerprint density at radius 2 is 1.81 bits per heavy atom. The van der Waals surface area contributed by atoms with Crippen LogP contribution in [0.1, 0.15) is 11.5 Å². The van der Waals surface area contributed by atoms with E-state index in [0.29, 0.717) is 0 Å². The second-order valence-corrected chi connectivity index (χ2v) is 5.66. The maximum atomic E-state index is 5.82. The molecule has 4 heteroatoms. The summed E-state index contributed by atoms with van der Waals surface area (Å²) in [5.41, 5.74) is 12.0. The Balaban J connectivity index is 2.39. The minimum atomic E-state index is -0.851. The van der Waals surface area contributed by atoms with Gasteiger partial charge in [0.05, 0.1) is 0 Å². The molecule has 1 aliphatic rings. The second kappa shape index (κ2) is 4.45. The van der Waals surface area contributed by atoms with Crippen molar-refractivity contribution >= 4 is 31.9 Å². The fourth-order valence-corrected chi connectivity index (χ4v) is 3.04. The summed E-state index contributed by atoms with van der Waals surface area (Å²) in [6.45, 7) is 0. The molecule has 0 radical (unpaired) electrons. The van der Waals surface area contributed by atoms with Crippen LogP contribution in [0.25, 0.3) is 0 Å². The standard InChI is InChI=1S/C12H12Br2N2/c13-10-4-2-1-3-8(10)9-5-6-12(15,16)7-11(9)14/h1-7,9H,15-16H2. The highest BCUT2D eigenvalue weighted by Crippen LogP contribution is 2.37. The molecule has 0 fully saturated rings. The molecule has 0 saturated heterocycles. The summed E-state index contributed by atoms with van der Waals surface area (Å²) in [4.78, 5) is 0. The van der Waals surface area contributed by atoms with Crippen LogP contribution in [0.15, 0.2) is 51.4 Å². The van der Waals surface area contributed by atoms with Gasteiger partial charge in [-0.3, -0.25) is 0 Å². The Morgan fingerprint density at radius 3 is 2.44 bits per heavy atom. The van der Waals surface area contributed by atoms with E-state index in [2.05, 4.69) is 37.9 Å². The van der Waals surface area contributed by atoms with Crippen LogP contribution in [0, 0.1) is 0 Å². The summed E-state index contributed by atoms with van der Waals surface area (Å²) in [5.74, 6) is 0.177. The molecule has 1 unspecified atom stereocenters. The van der Waals surface area contributed by atoms with Crippen molar-refractivity contribution in [2.45, 2.75) is 11.6 Å². The zero-order chi connectivity index (χ0) is 11.8. The third kappa shape index (κ3) is 2.46. The number of benzene rings is 1. The van der Waals surface area contributed by atoms with Crippen molar-refractivity contribution in [2.24, 2.45) is 11.5 Å². The maximum Gasteiger partial charge on any atom is 0.103 e. The van der Waals surface area contributed by atoms with Crippen LogP contribution in [0.3, 0.4) is 0 Å². The summed E-state index contributed by atoms with van der Waals surface area (Å²) in [6.07, 6.45) is 5.67. The second-order valence-electron chi connectivity index (χ2n) is 3.89. The minimum absolute atomic E-state index is 0.177. The minimum Gasteiger partial charge on any atom is -0.307 e. The Kier molecular flexibility index (Phi) is 3.35. The van der Waals surface area contributed by atoms with E-state index in [-0.39, 0.29) is 5.92 Å². The third-order valence-electron chi connectivity index (χ3n) is 2.50. The average molecular weight is 344 g/mol. The first kappa shape index (κ1) is 12.0. The fourth-order valence-electron chi connectivity index (χ4n) is 1.71. The number of allylic oxidation sites excluding steroid dienone is 2. The number of rotatable bonds is 1. The van der Waals surface area contributed by atoms with Crippen molar-refractivity contribution in [2.75, 3.05) is 0 Å². The number of nitrogens with two attached hydrogens (primary N) is 2. The molecule has 84 valence electrons. The largest absolute Gasteiger partial charge is 0.307 e. The molecular weight excluding hydrogens is 332 g/mol. The molecule has 0 bridgehead atoms. The summed E-state index contributed by atoms with van der Waals surface area (Å²) in [5, 5.41) is 0. The third-order valence-corrected chi connectivity index (χ3v) is 3.95. The van der Waals surface area contributed by atoms with Gasteiger partial charge in [-0.2, -0.15) is 0 Å². The van der Waals surface area contributed by atoms with Crippen LogP contribution in [0.4, 0.5) is 0 Å². The maximum absolute atomic E-state index is 5.82. The Morgan fingerprint density at radius 1 is 1.12 bits per heavy atom. The summed E-state index contributed by atoms with van der Waals surface area (Å²) >= 11 is 7.07. The molecule has 0 spiro atoms. The summed E-state index contributed by atoms with van der Waals surface area (Å²) in [7, 11) is 0. The monoisotopic (exact) mass is 342 g/mol. The molecule has 16 heavy (non-hydrogen) atoms. The van der Waals surface area contributed by atoms with E-state index < -0.39 is 5.66 Å². The predicted octanol–water partition coefficient (Wildman–Crippen LogP) is 3.00. The molecule has 1 atom stereocenters. The van der Waals surface area contributed by atoms with Crippen LogP contribution in [0.5, 0.6) is 0 Å². The van der Waals surface area contributed by atoms with E-state index in [1.165, 1.54) is 5.56 Å². The average Bonchev–Trinajstić information content (AvgIpc) is 2.18. The van der Waals surface area contributed by atoms with Gasteiger partial charge in [0.1, 0.15) is 5.66 Å². The van der Waals surface area contributed by atoms with E-state index in [1.54, 1.807) is 0 Å². The van der Waals surface area contributed by atoms with E-state index in [4.69, 9.17) is 11.5 Å². The smallest absolute Gasteiger partial charge is 0.103 e. The lowest BCUT2D eigenvalue weighted by Crippen LogP contribution is -2.46. The normalized spacial score (nSPS) is 23.0. The van der Waals surface area contributed by atoms with Gasteiger partial charge in [-0.1, -0.05) is 56.1 Å². The van der Waals surface area contributed by atoms with Crippen molar-refractivity contribution in [1.29, 1.82) is 0 Å². The van der Waals surface area contributed by atoms with Gasteiger partial charge < -0.3 is 11.5 Å². The Labute approximate surface area is 112 Å². The van der Waals surface area contributed by atoms with E-state index >= 15 is 0 Å². The lowest BCUT2D eigenvalue weighted by atomic mass is 9.91. The number of hydrogen-bond donors (Lipinski definition) is 2. The number of hydrogen-bond acceptors (Lipinski definition) is 2. The van der Waals surface area contributed by atoms with Crippen molar-refractivity contribution in [3.63, 3.8) is 0 Å². The predicted molar refractivity (Wildman–Crippen MR) is 74.1 cm³/mol. The summed E-state index contributed by atoms with van der Waals surface area (Å²) in [6, 6.07) is 8.11. The molecule has 1 aliphatic carbocycles. The van der Waals surface area contributed by atoms with Gasteiger partial charge in [-0.05, 0) is 23.8 Å². The van der Waals surface area contributed by atoms with Crippen molar-refractivity contribution in [3.05, 3.63) is 57.0 Å². The molecule has 1 aromatic rings. The van der Waals surface area contributed by atoms with E-state index in [1.807, 2.05) is 36.4 Å². The molecule has 0 heterocycles. The highest BCUT2D eigenvalue weighted by Gasteiger charge is 2.23. The van der Waals surface area contributed by atoms with Crippen molar-refractivity contribution in [3.8, 4) is 0 Å². The first-order valence-electron chi connectivity index (χ1n) is 4.89. The summed E-state index contributed by atoms with van der Waals surface area (Å²) < 4.78 is 2.07. The molecule has 1 aromatic carbocycles. The zero-order valence-electron chi connectivity index (χ0n) is 8.53. The van der Waals surface area contributed by atoms with Crippen LogP contribution >= 0.6 is 31.9 Å². The fraction of sp³-hybridized carbons (Fsp3) is 0.167. The van der Waals surface area contributed by atoms with Crippen LogP contribution in [-0.4, -0.2) is 5.66 Å². The Hall–Kier alpha value is -0.420. The lowest BCUT2D eigenvalue weighted by Gasteiger charge is -2.25. The van der Waals surface area contributed by atoms with Gasteiger partial charge in [0, 0.05) is 14.9 Å². The first-order chi connectivity index (χ1) is 7.49. The topological polar surface area (TPSA) is 52.0 Å². The van der Waals surface area contributed by atoms with Gasteiger partial charge in [-0.25, -0.2) is 0 Å². The molecular formula is C12H12Br2N2. The molecule has 2 rings (SSSR count). The van der Waals surface area contributed by atoms with Crippen LogP contribution < -0.4 is 11.5 Å². The van der Waals surface area contributed by atoms with Gasteiger partial charge in [0.25, 0.3) is 0 Å². The first-order valence-corrected chi connectivity index (χ1v) is 6.48. The zero-order valence-corrected chi connectivity index (χ0v) is 11.7. The molecule has 0 aliphatic heterocycles. The van der Waals surface area contributed by atoms with Crippen LogP contribution in [0.2, 0.25) is 0 Å². The molecule has 0 aromatic heterocycles. The van der Waals surface area contributed by atoms with E-state index in [9.17, 15) is 0 Å². The quantitative estimate of drug-likeness (QED) is 0.608.